The van der Waals surface area contributed by atoms with Crippen molar-refractivity contribution in [2.24, 2.45) is 0 Å². The molecule has 0 heterocycles. The first-order valence-electron chi connectivity index (χ1n) is 4.17. The molecule has 0 saturated carbocycles. The summed E-state index contributed by atoms with van der Waals surface area (Å²) in [6, 6.07) is 4.58. The van der Waals surface area contributed by atoms with Gasteiger partial charge in [0.25, 0.3) is 0 Å². The van der Waals surface area contributed by atoms with E-state index in [1.54, 1.807) is 0 Å². The summed E-state index contributed by atoms with van der Waals surface area (Å²) in [5.41, 5.74) is -0.969. The number of hydrogen-bond acceptors (Lipinski definition) is 1. The number of rotatable bonds is 2. The number of hydrogen-bond donors (Lipinski definition) is 0. The molecule has 0 aliphatic rings. The monoisotopic (exact) mass is 217 g/mol. The fraction of sp³-hybridized carbons (Fsp3) is 0.300. The molecule has 0 bridgehead atoms. The van der Waals surface area contributed by atoms with Crippen LogP contribution in [0.15, 0.2) is 18.2 Å². The number of aryl methyl sites for hydroxylation is 1. The highest BCUT2D eigenvalue weighted by molar-refractivity contribution is 5.27. The molecule has 0 spiro atoms. The minimum atomic E-state index is -4.69. The van der Waals surface area contributed by atoms with Crippen LogP contribution in [0.2, 0.25) is 0 Å². The Kier molecular flexibility index (Phi) is 3.30. The summed E-state index contributed by atoms with van der Waals surface area (Å²) < 4.78 is 49.5. The molecule has 1 nitrogen and oxygen atoms in total. The van der Waals surface area contributed by atoms with Gasteiger partial charge in [-0.1, -0.05) is 6.07 Å². The maximum absolute atomic E-state index is 12.8. The largest absolute Gasteiger partial charge is 0.419 e. The van der Waals surface area contributed by atoms with Crippen molar-refractivity contribution in [3.8, 4) is 6.07 Å². The maximum atomic E-state index is 12.8. The molecule has 0 atom stereocenters. The Morgan fingerprint density at radius 2 is 1.93 bits per heavy atom. The van der Waals surface area contributed by atoms with Gasteiger partial charge in [-0.15, -0.1) is 0 Å². The average molecular weight is 217 g/mol. The molecule has 0 aliphatic carbocycles. The normalized spacial score (nSPS) is 11.1. The van der Waals surface area contributed by atoms with E-state index in [4.69, 9.17) is 5.26 Å². The van der Waals surface area contributed by atoms with Gasteiger partial charge in [0.2, 0.25) is 0 Å². The van der Waals surface area contributed by atoms with Crippen LogP contribution in [0.3, 0.4) is 0 Å². The summed E-state index contributed by atoms with van der Waals surface area (Å²) in [6.07, 6.45) is -4.38. The van der Waals surface area contributed by atoms with Crippen molar-refractivity contribution >= 4 is 0 Å². The zero-order chi connectivity index (χ0) is 11.5. The summed E-state index contributed by atoms with van der Waals surface area (Å²) >= 11 is 0. The number of benzene rings is 1. The summed E-state index contributed by atoms with van der Waals surface area (Å²) in [4.78, 5) is 0. The second kappa shape index (κ2) is 4.30. The minimum Gasteiger partial charge on any atom is -0.206 e. The Labute approximate surface area is 83.9 Å². The lowest BCUT2D eigenvalue weighted by molar-refractivity contribution is -0.140. The van der Waals surface area contributed by atoms with Gasteiger partial charge in [0, 0.05) is 6.42 Å². The van der Waals surface area contributed by atoms with Gasteiger partial charge in [0.1, 0.15) is 5.82 Å². The molecular formula is C10H7F4N. The van der Waals surface area contributed by atoms with Crippen LogP contribution >= 0.6 is 0 Å². The highest BCUT2D eigenvalue weighted by Gasteiger charge is 2.34. The molecule has 0 aliphatic heterocycles. The van der Waals surface area contributed by atoms with Gasteiger partial charge in [-0.3, -0.25) is 0 Å². The predicted molar refractivity (Wildman–Crippen MR) is 45.3 cm³/mol. The number of nitriles is 1. The molecule has 1 aromatic carbocycles. The van der Waals surface area contributed by atoms with E-state index in [1.165, 1.54) is 6.07 Å². The van der Waals surface area contributed by atoms with Gasteiger partial charge in [0.05, 0.1) is 11.6 Å². The fourth-order valence-electron chi connectivity index (χ4n) is 1.15. The van der Waals surface area contributed by atoms with Crippen LogP contribution in [0.1, 0.15) is 17.5 Å². The Balaban J connectivity index is 3.02. The highest BCUT2D eigenvalue weighted by Crippen LogP contribution is 2.31. The molecular weight excluding hydrogens is 210 g/mol. The molecule has 15 heavy (non-hydrogen) atoms. The molecule has 0 radical (unpaired) electrons. The van der Waals surface area contributed by atoms with E-state index < -0.39 is 17.6 Å². The Morgan fingerprint density at radius 3 is 2.47 bits per heavy atom. The quantitative estimate of drug-likeness (QED) is 0.697. The van der Waals surface area contributed by atoms with Gasteiger partial charge in [0.15, 0.2) is 0 Å². The van der Waals surface area contributed by atoms with E-state index in [0.29, 0.717) is 5.56 Å². The van der Waals surface area contributed by atoms with Crippen molar-refractivity contribution in [3.05, 3.63) is 35.1 Å². The Morgan fingerprint density at radius 1 is 1.27 bits per heavy atom. The van der Waals surface area contributed by atoms with Crippen LogP contribution in [-0.2, 0) is 12.6 Å². The fourth-order valence-corrected chi connectivity index (χ4v) is 1.15. The van der Waals surface area contributed by atoms with Crippen LogP contribution in [0.5, 0.6) is 0 Å². The summed E-state index contributed by atoms with van der Waals surface area (Å²) in [7, 11) is 0. The van der Waals surface area contributed by atoms with E-state index in [0.717, 1.165) is 12.1 Å². The summed E-state index contributed by atoms with van der Waals surface area (Å²) in [5.74, 6) is -1.29. The van der Waals surface area contributed by atoms with Crippen molar-refractivity contribution in [1.29, 1.82) is 5.26 Å². The van der Waals surface area contributed by atoms with Crippen molar-refractivity contribution in [2.75, 3.05) is 0 Å². The molecule has 0 fully saturated rings. The standard InChI is InChI=1S/C10H7F4N/c11-9-4-3-7(2-1-5-15)6-8(9)10(12,13)14/h3-4,6H,1-2H2. The molecule has 0 aromatic heterocycles. The van der Waals surface area contributed by atoms with Crippen LogP contribution in [0.4, 0.5) is 17.6 Å². The van der Waals surface area contributed by atoms with E-state index >= 15 is 0 Å². The first-order chi connectivity index (χ1) is 6.95. The third kappa shape index (κ3) is 2.94. The van der Waals surface area contributed by atoms with Crippen molar-refractivity contribution in [2.45, 2.75) is 19.0 Å². The van der Waals surface area contributed by atoms with Crippen molar-refractivity contribution in [3.63, 3.8) is 0 Å². The van der Waals surface area contributed by atoms with Crippen LogP contribution < -0.4 is 0 Å². The molecule has 5 heteroatoms. The smallest absolute Gasteiger partial charge is 0.206 e. The van der Waals surface area contributed by atoms with Crippen molar-refractivity contribution in [1.82, 2.24) is 0 Å². The first kappa shape index (κ1) is 11.5. The highest BCUT2D eigenvalue weighted by atomic mass is 19.4. The molecule has 80 valence electrons. The van der Waals surface area contributed by atoms with E-state index in [1.807, 2.05) is 6.07 Å². The number of halogens is 4. The van der Waals surface area contributed by atoms with Crippen molar-refractivity contribution < 1.29 is 17.6 Å². The second-order valence-corrected chi connectivity index (χ2v) is 2.97. The van der Waals surface area contributed by atoms with Gasteiger partial charge in [-0.05, 0) is 24.1 Å². The first-order valence-corrected chi connectivity index (χ1v) is 4.17. The lowest BCUT2D eigenvalue weighted by Gasteiger charge is -2.09. The third-order valence-electron chi connectivity index (χ3n) is 1.86. The Bertz CT molecular complexity index is 389. The SMILES string of the molecule is N#CCCc1ccc(F)c(C(F)(F)F)c1. The average Bonchev–Trinajstić information content (AvgIpc) is 2.15. The summed E-state index contributed by atoms with van der Waals surface area (Å²) in [6.45, 7) is 0. The van der Waals surface area contributed by atoms with Gasteiger partial charge >= 0.3 is 6.18 Å². The summed E-state index contributed by atoms with van der Waals surface area (Å²) in [5, 5.41) is 8.27. The molecule has 0 amide bonds. The second-order valence-electron chi connectivity index (χ2n) is 2.97. The van der Waals surface area contributed by atoms with Gasteiger partial charge in [-0.2, -0.15) is 18.4 Å². The lowest BCUT2D eigenvalue weighted by Crippen LogP contribution is -2.08. The lowest BCUT2D eigenvalue weighted by atomic mass is 10.1. The predicted octanol–water partition coefficient (Wildman–Crippen LogP) is 3.30. The third-order valence-corrected chi connectivity index (χ3v) is 1.86. The van der Waals surface area contributed by atoms with E-state index in [-0.39, 0.29) is 12.8 Å². The topological polar surface area (TPSA) is 23.8 Å². The Hall–Kier alpha value is -1.57. The zero-order valence-electron chi connectivity index (χ0n) is 7.61. The van der Waals surface area contributed by atoms with Gasteiger partial charge < -0.3 is 0 Å². The molecule has 0 N–H and O–H groups in total. The maximum Gasteiger partial charge on any atom is 0.419 e. The minimum absolute atomic E-state index is 0.114. The number of nitrogens with zero attached hydrogens (tertiary/aromatic N) is 1. The van der Waals surface area contributed by atoms with Gasteiger partial charge in [-0.25, -0.2) is 4.39 Å². The van der Waals surface area contributed by atoms with Crippen LogP contribution in [0, 0.1) is 17.1 Å². The molecule has 1 aromatic rings. The van der Waals surface area contributed by atoms with Crippen LogP contribution in [-0.4, -0.2) is 0 Å². The molecule has 1 rings (SSSR count). The van der Waals surface area contributed by atoms with E-state index in [2.05, 4.69) is 0 Å². The zero-order valence-corrected chi connectivity index (χ0v) is 7.61. The van der Waals surface area contributed by atoms with Crippen LogP contribution in [0.25, 0.3) is 0 Å². The van der Waals surface area contributed by atoms with E-state index in [9.17, 15) is 17.6 Å². The molecule has 0 saturated heterocycles. The molecule has 0 unspecified atom stereocenters. The number of alkyl halides is 3.